The van der Waals surface area contributed by atoms with Gasteiger partial charge in [0.05, 0.1) is 41.0 Å². The lowest BCUT2D eigenvalue weighted by Crippen LogP contribution is -2.48. The van der Waals surface area contributed by atoms with Gasteiger partial charge in [-0.1, -0.05) is 43.3 Å². The van der Waals surface area contributed by atoms with Crippen LogP contribution in [0.4, 0.5) is 20.6 Å². The van der Waals surface area contributed by atoms with Gasteiger partial charge >= 0.3 is 6.03 Å². The van der Waals surface area contributed by atoms with E-state index in [1.807, 2.05) is 56.3 Å². The Bertz CT molecular complexity index is 1950. The van der Waals surface area contributed by atoms with Crippen molar-refractivity contribution in [2.45, 2.75) is 63.2 Å². The molecule has 278 valence electrons. The standard InChI is InChI=1S/C39H47FN4O7S/c1-26-23-44(27(2)25-45)38(46)34-22-31(42-52(48,49)32-18-15-30(40)16-19-32)17-20-36(34)51-28(3)10-7-8-21-50-37(26)24-43(4)39(47)41-35-14-9-12-29-11-5-6-13-33(29)35/h5-6,9,11-20,22,26-28,37,42,45H,7-8,10,21,23-25H2,1-4H3,(H,41,47)/t26-,27+,28-,37-/m0/s1. The minimum atomic E-state index is -4.11. The van der Waals surface area contributed by atoms with E-state index in [0.717, 1.165) is 47.9 Å². The van der Waals surface area contributed by atoms with Crippen molar-refractivity contribution in [2.24, 2.45) is 5.92 Å². The molecule has 0 radical (unpaired) electrons. The Labute approximate surface area is 304 Å². The van der Waals surface area contributed by atoms with Crippen molar-refractivity contribution in [1.29, 1.82) is 0 Å². The van der Waals surface area contributed by atoms with Crippen molar-refractivity contribution in [3.63, 3.8) is 0 Å². The third kappa shape index (κ3) is 9.58. The summed E-state index contributed by atoms with van der Waals surface area (Å²) >= 11 is 0. The Morgan fingerprint density at radius 1 is 1.04 bits per heavy atom. The lowest BCUT2D eigenvalue weighted by molar-refractivity contribution is -0.0115. The molecule has 52 heavy (non-hydrogen) atoms. The minimum absolute atomic E-state index is 0.110. The van der Waals surface area contributed by atoms with Gasteiger partial charge in [-0.2, -0.15) is 0 Å². The molecule has 1 aliphatic rings. The second-order valence-electron chi connectivity index (χ2n) is 13.4. The first kappa shape index (κ1) is 38.5. The smallest absolute Gasteiger partial charge is 0.321 e. The summed E-state index contributed by atoms with van der Waals surface area (Å²) in [6, 6.07) is 21.5. The zero-order valence-electron chi connectivity index (χ0n) is 29.9. The van der Waals surface area contributed by atoms with Crippen LogP contribution in [0.25, 0.3) is 10.8 Å². The number of nitrogens with one attached hydrogen (secondary N) is 2. The molecule has 3 amide bonds. The number of aliphatic hydroxyl groups is 1. The molecule has 0 bridgehead atoms. The number of hydrogen-bond acceptors (Lipinski definition) is 7. The molecule has 4 atom stereocenters. The third-order valence-corrected chi connectivity index (χ3v) is 10.7. The van der Waals surface area contributed by atoms with Crippen LogP contribution < -0.4 is 14.8 Å². The maximum atomic E-state index is 14.4. The number of benzene rings is 4. The van der Waals surface area contributed by atoms with Gasteiger partial charge in [0, 0.05) is 43.7 Å². The number of nitrogens with zero attached hydrogens (tertiary/aromatic N) is 2. The van der Waals surface area contributed by atoms with Gasteiger partial charge in [0.25, 0.3) is 15.9 Å². The van der Waals surface area contributed by atoms with E-state index in [1.54, 1.807) is 24.9 Å². The minimum Gasteiger partial charge on any atom is -0.490 e. The number of carbonyl (C=O) groups is 2. The number of hydrogen-bond donors (Lipinski definition) is 3. The van der Waals surface area contributed by atoms with Crippen LogP contribution >= 0.6 is 0 Å². The number of anilines is 2. The average molecular weight is 735 g/mol. The van der Waals surface area contributed by atoms with Crippen molar-refractivity contribution in [1.82, 2.24) is 9.80 Å². The molecular formula is C39H47FN4O7S. The highest BCUT2D eigenvalue weighted by atomic mass is 32.2. The lowest BCUT2D eigenvalue weighted by Gasteiger charge is -2.35. The van der Waals surface area contributed by atoms with Crippen LogP contribution in [0.2, 0.25) is 0 Å². The largest absolute Gasteiger partial charge is 0.490 e. The average Bonchev–Trinajstić information content (AvgIpc) is 3.12. The number of carbonyl (C=O) groups excluding carboxylic acids is 2. The molecule has 0 fully saturated rings. The zero-order chi connectivity index (χ0) is 37.4. The lowest BCUT2D eigenvalue weighted by atomic mass is 10.0. The number of rotatable bonds is 8. The summed E-state index contributed by atoms with van der Waals surface area (Å²) in [5, 5.41) is 15.2. The van der Waals surface area contributed by atoms with E-state index < -0.39 is 33.9 Å². The summed E-state index contributed by atoms with van der Waals surface area (Å²) in [7, 11) is -2.41. The van der Waals surface area contributed by atoms with E-state index in [0.29, 0.717) is 18.7 Å². The van der Waals surface area contributed by atoms with Gasteiger partial charge in [0.15, 0.2) is 0 Å². The molecule has 5 rings (SSSR count). The number of aliphatic hydroxyl groups excluding tert-OH is 1. The predicted molar refractivity (Wildman–Crippen MR) is 200 cm³/mol. The topological polar surface area (TPSA) is 138 Å². The van der Waals surface area contributed by atoms with Crippen molar-refractivity contribution in [3.05, 3.63) is 96.3 Å². The fraction of sp³-hybridized carbons (Fsp3) is 0.385. The van der Waals surface area contributed by atoms with E-state index >= 15 is 0 Å². The first-order valence-corrected chi connectivity index (χ1v) is 19.0. The first-order chi connectivity index (χ1) is 24.9. The Balaban J connectivity index is 1.40. The van der Waals surface area contributed by atoms with Gasteiger partial charge in [-0.05, 0) is 87.0 Å². The van der Waals surface area contributed by atoms with Crippen molar-refractivity contribution in [3.8, 4) is 5.75 Å². The monoisotopic (exact) mass is 734 g/mol. The number of fused-ring (bicyclic) bond motifs is 2. The second-order valence-corrected chi connectivity index (χ2v) is 15.1. The van der Waals surface area contributed by atoms with E-state index in [-0.39, 0.29) is 59.6 Å². The van der Waals surface area contributed by atoms with Crippen LogP contribution in [0.15, 0.2) is 89.8 Å². The fourth-order valence-electron chi connectivity index (χ4n) is 6.17. The van der Waals surface area contributed by atoms with E-state index in [9.17, 15) is 27.5 Å². The molecule has 4 aromatic carbocycles. The molecule has 0 aliphatic carbocycles. The van der Waals surface area contributed by atoms with Crippen LogP contribution in [0.3, 0.4) is 0 Å². The van der Waals surface area contributed by atoms with Crippen LogP contribution in [0.1, 0.15) is 50.4 Å². The molecule has 0 saturated heterocycles. The Morgan fingerprint density at radius 3 is 2.52 bits per heavy atom. The molecule has 0 spiro atoms. The van der Waals surface area contributed by atoms with Gasteiger partial charge in [-0.25, -0.2) is 17.6 Å². The molecule has 3 N–H and O–H groups in total. The van der Waals surface area contributed by atoms with E-state index in [2.05, 4.69) is 10.0 Å². The summed E-state index contributed by atoms with van der Waals surface area (Å²) in [5.41, 5.74) is 0.913. The molecule has 1 heterocycles. The molecule has 1 aliphatic heterocycles. The van der Waals surface area contributed by atoms with Crippen LogP contribution in [0.5, 0.6) is 5.75 Å². The van der Waals surface area contributed by atoms with E-state index in [1.165, 1.54) is 17.0 Å². The van der Waals surface area contributed by atoms with Crippen molar-refractivity contribution in [2.75, 3.05) is 43.4 Å². The third-order valence-electron chi connectivity index (χ3n) is 9.26. The van der Waals surface area contributed by atoms with Gasteiger partial charge in [-0.15, -0.1) is 0 Å². The van der Waals surface area contributed by atoms with Crippen molar-refractivity contribution >= 4 is 44.1 Å². The highest BCUT2D eigenvalue weighted by Gasteiger charge is 2.31. The Hall–Kier alpha value is -4.72. The molecule has 13 heteroatoms. The number of likely N-dealkylation sites (N-methyl/N-ethyl adjacent to an activating group) is 1. The normalized spacial score (nSPS) is 19.5. The summed E-state index contributed by atoms with van der Waals surface area (Å²) in [4.78, 5) is 30.8. The second kappa shape index (κ2) is 17.2. The number of sulfonamides is 1. The Morgan fingerprint density at radius 2 is 1.77 bits per heavy atom. The predicted octanol–water partition coefficient (Wildman–Crippen LogP) is 6.74. The van der Waals surface area contributed by atoms with Crippen LogP contribution in [0, 0.1) is 11.7 Å². The van der Waals surface area contributed by atoms with Gasteiger partial charge < -0.3 is 29.7 Å². The van der Waals surface area contributed by atoms with Gasteiger partial charge in [-0.3, -0.25) is 9.52 Å². The summed E-state index contributed by atoms with van der Waals surface area (Å²) in [6.07, 6.45) is 1.45. The highest BCUT2D eigenvalue weighted by molar-refractivity contribution is 7.92. The van der Waals surface area contributed by atoms with Crippen LogP contribution in [-0.2, 0) is 14.8 Å². The molecule has 4 aromatic rings. The van der Waals surface area contributed by atoms with Crippen LogP contribution in [-0.4, -0.2) is 86.9 Å². The Kier molecular flexibility index (Phi) is 12.7. The SMILES string of the molecule is C[C@H](CO)N1C[C@H](C)[C@H](CN(C)C(=O)Nc2cccc3ccccc23)OCCCC[C@H](C)Oc2ccc(NS(=O)(=O)c3ccc(F)cc3)cc2C1=O. The highest BCUT2D eigenvalue weighted by Crippen LogP contribution is 2.30. The summed E-state index contributed by atoms with van der Waals surface area (Å²) < 4.78 is 54.9. The zero-order valence-corrected chi connectivity index (χ0v) is 30.7. The summed E-state index contributed by atoms with van der Waals surface area (Å²) in [5.74, 6) is -1.06. The van der Waals surface area contributed by atoms with Gasteiger partial charge in [0.2, 0.25) is 0 Å². The number of ether oxygens (including phenoxy) is 2. The quantitative estimate of drug-likeness (QED) is 0.182. The molecule has 11 nitrogen and oxygen atoms in total. The molecule has 0 unspecified atom stereocenters. The number of urea groups is 1. The number of halogens is 1. The van der Waals surface area contributed by atoms with E-state index in [4.69, 9.17) is 9.47 Å². The maximum Gasteiger partial charge on any atom is 0.321 e. The maximum absolute atomic E-state index is 14.4. The number of amides is 3. The first-order valence-electron chi connectivity index (χ1n) is 17.5. The molecule has 0 saturated carbocycles. The van der Waals surface area contributed by atoms with Crippen molar-refractivity contribution < 1.29 is 37.0 Å². The fourth-order valence-corrected chi connectivity index (χ4v) is 7.22. The molecule has 0 aromatic heterocycles. The molecular weight excluding hydrogens is 688 g/mol. The van der Waals surface area contributed by atoms with Gasteiger partial charge in [0.1, 0.15) is 11.6 Å². The summed E-state index contributed by atoms with van der Waals surface area (Å²) in [6.45, 7) is 6.05.